The number of nitrogens with zero attached hydrogens (tertiary/aromatic N) is 2. The molecule has 0 bridgehead atoms. The molecule has 1 amide bonds. The number of unbranched alkanes of at least 4 members (excludes halogenated alkanes) is 2. The molecule has 9 heteroatoms. The number of benzene rings is 2. The van der Waals surface area contributed by atoms with Gasteiger partial charge in [0.05, 0.1) is 15.5 Å². The second-order valence-corrected chi connectivity index (χ2v) is 8.02. The molecule has 0 heterocycles. The lowest BCUT2D eigenvalue weighted by molar-refractivity contribution is -0.384. The van der Waals surface area contributed by atoms with E-state index in [1.807, 2.05) is 6.92 Å². The van der Waals surface area contributed by atoms with Gasteiger partial charge in [0, 0.05) is 18.7 Å². The zero-order chi connectivity index (χ0) is 20.6. The number of carbonyl (C=O) groups is 1. The highest BCUT2D eigenvalue weighted by Crippen LogP contribution is 2.26. The summed E-state index contributed by atoms with van der Waals surface area (Å²) in [6.45, 7) is 2.02. The molecule has 2 aromatic rings. The number of amides is 1. The van der Waals surface area contributed by atoms with Gasteiger partial charge in [-0.3, -0.25) is 19.2 Å². The van der Waals surface area contributed by atoms with Gasteiger partial charge < -0.3 is 5.32 Å². The topological polar surface area (TPSA) is 110 Å². The molecule has 0 aliphatic rings. The van der Waals surface area contributed by atoms with Gasteiger partial charge in [-0.15, -0.1) is 0 Å². The molecule has 0 fully saturated rings. The lowest BCUT2D eigenvalue weighted by Crippen LogP contribution is -2.41. The average molecular weight is 405 g/mol. The van der Waals surface area contributed by atoms with Gasteiger partial charge in [-0.1, -0.05) is 44.0 Å². The van der Waals surface area contributed by atoms with E-state index < -0.39 is 27.4 Å². The number of carbonyl (C=O) groups excluding carboxylic acids is 1. The molecule has 0 spiro atoms. The molecule has 2 aromatic carbocycles. The Hall–Kier alpha value is -2.94. The third-order valence-electron chi connectivity index (χ3n) is 4.05. The first kappa shape index (κ1) is 21.4. The number of anilines is 1. The van der Waals surface area contributed by atoms with Crippen LogP contribution >= 0.6 is 0 Å². The number of hydrogen-bond acceptors (Lipinski definition) is 5. The van der Waals surface area contributed by atoms with Crippen LogP contribution in [0.15, 0.2) is 59.5 Å². The maximum Gasteiger partial charge on any atom is 0.271 e. The van der Waals surface area contributed by atoms with Crippen LogP contribution in [-0.2, 0) is 14.8 Å². The number of nitro groups is 1. The second-order valence-electron chi connectivity index (χ2n) is 6.16. The minimum absolute atomic E-state index is 0.000268. The fraction of sp³-hybridized carbons (Fsp3) is 0.316. The summed E-state index contributed by atoms with van der Waals surface area (Å²) in [6.07, 6.45) is 2.75. The monoisotopic (exact) mass is 405 g/mol. The minimum Gasteiger partial charge on any atom is -0.355 e. The molecule has 0 aliphatic carbocycles. The first-order chi connectivity index (χ1) is 13.4. The first-order valence-electron chi connectivity index (χ1n) is 8.95. The van der Waals surface area contributed by atoms with Crippen molar-refractivity contribution >= 4 is 27.3 Å². The lowest BCUT2D eigenvalue weighted by Gasteiger charge is -2.24. The molecule has 0 saturated heterocycles. The van der Waals surface area contributed by atoms with Gasteiger partial charge in [0.2, 0.25) is 5.91 Å². The maximum atomic E-state index is 13.1. The van der Waals surface area contributed by atoms with Crippen molar-refractivity contribution in [1.82, 2.24) is 5.32 Å². The van der Waals surface area contributed by atoms with Crippen LogP contribution in [0.2, 0.25) is 0 Å². The molecule has 0 aliphatic heterocycles. The number of rotatable bonds is 10. The van der Waals surface area contributed by atoms with Gasteiger partial charge in [-0.05, 0) is 24.6 Å². The molecule has 28 heavy (non-hydrogen) atoms. The summed E-state index contributed by atoms with van der Waals surface area (Å²) < 4.78 is 27.1. The predicted octanol–water partition coefficient (Wildman–Crippen LogP) is 3.10. The van der Waals surface area contributed by atoms with Gasteiger partial charge in [0.1, 0.15) is 6.54 Å². The standard InChI is InChI=1S/C19H23N3O5S/c1-2-3-7-13-20-19(23)15-21(16-9-8-10-17(14-16)22(24)25)28(26,27)18-11-5-4-6-12-18/h4-6,8-12,14H,2-3,7,13,15H2,1H3,(H,20,23). The SMILES string of the molecule is CCCCCNC(=O)CN(c1cccc([N+](=O)[O-])c1)S(=O)(=O)c1ccccc1. The van der Waals surface area contributed by atoms with Crippen LogP contribution in [0.1, 0.15) is 26.2 Å². The quantitative estimate of drug-likeness (QED) is 0.371. The zero-order valence-corrected chi connectivity index (χ0v) is 16.4. The molecular weight excluding hydrogens is 382 g/mol. The van der Waals surface area contributed by atoms with Gasteiger partial charge in [-0.2, -0.15) is 0 Å². The Morgan fingerprint density at radius 1 is 1.11 bits per heavy atom. The van der Waals surface area contributed by atoms with E-state index in [1.54, 1.807) is 18.2 Å². The van der Waals surface area contributed by atoms with Crippen molar-refractivity contribution in [2.24, 2.45) is 0 Å². The van der Waals surface area contributed by atoms with E-state index in [0.29, 0.717) is 6.54 Å². The second kappa shape index (κ2) is 9.84. The molecule has 1 N–H and O–H groups in total. The van der Waals surface area contributed by atoms with Crippen LogP contribution in [-0.4, -0.2) is 32.3 Å². The summed E-state index contributed by atoms with van der Waals surface area (Å²) in [4.78, 5) is 22.8. The van der Waals surface area contributed by atoms with Gasteiger partial charge in [-0.25, -0.2) is 8.42 Å². The van der Waals surface area contributed by atoms with Crippen molar-refractivity contribution in [2.45, 2.75) is 31.1 Å². The summed E-state index contributed by atoms with van der Waals surface area (Å²) in [5.41, 5.74) is -0.198. The summed E-state index contributed by atoms with van der Waals surface area (Å²) in [5, 5.41) is 13.8. The largest absolute Gasteiger partial charge is 0.355 e. The van der Waals surface area contributed by atoms with Gasteiger partial charge in [0.25, 0.3) is 15.7 Å². The van der Waals surface area contributed by atoms with Gasteiger partial charge >= 0.3 is 0 Å². The fourth-order valence-electron chi connectivity index (χ4n) is 2.59. The number of nitro benzene ring substituents is 1. The smallest absolute Gasteiger partial charge is 0.271 e. The molecule has 150 valence electrons. The average Bonchev–Trinajstić information content (AvgIpc) is 2.70. The number of sulfonamides is 1. The Kier molecular flexibility index (Phi) is 7.51. The minimum atomic E-state index is -4.08. The van der Waals surface area contributed by atoms with Crippen molar-refractivity contribution in [3.63, 3.8) is 0 Å². The summed E-state index contributed by atoms with van der Waals surface area (Å²) in [7, 11) is -4.08. The van der Waals surface area contributed by atoms with E-state index >= 15 is 0 Å². The first-order valence-corrected chi connectivity index (χ1v) is 10.4. The van der Waals surface area contributed by atoms with Crippen LogP contribution in [0.3, 0.4) is 0 Å². The molecule has 8 nitrogen and oxygen atoms in total. The highest BCUT2D eigenvalue weighted by atomic mass is 32.2. The highest BCUT2D eigenvalue weighted by molar-refractivity contribution is 7.92. The van der Waals surface area contributed by atoms with Crippen LogP contribution in [0.4, 0.5) is 11.4 Å². The molecule has 0 saturated carbocycles. The van der Waals surface area contributed by atoms with E-state index in [2.05, 4.69) is 5.32 Å². The normalized spacial score (nSPS) is 11.0. The number of non-ortho nitro benzene ring substituents is 1. The molecule has 0 atom stereocenters. The number of hydrogen-bond donors (Lipinski definition) is 1. The summed E-state index contributed by atoms with van der Waals surface area (Å²) >= 11 is 0. The van der Waals surface area contributed by atoms with Crippen molar-refractivity contribution < 1.29 is 18.1 Å². The molecule has 0 radical (unpaired) electrons. The Labute approximate surface area is 164 Å². The van der Waals surface area contributed by atoms with E-state index in [9.17, 15) is 23.3 Å². The van der Waals surface area contributed by atoms with Crippen molar-refractivity contribution in [2.75, 3.05) is 17.4 Å². The fourth-order valence-corrected chi connectivity index (χ4v) is 4.02. The summed E-state index contributed by atoms with van der Waals surface area (Å²) in [5.74, 6) is -0.470. The third kappa shape index (κ3) is 5.53. The molecule has 2 rings (SSSR count). The van der Waals surface area contributed by atoms with Gasteiger partial charge in [0.15, 0.2) is 0 Å². The zero-order valence-electron chi connectivity index (χ0n) is 15.6. The van der Waals surface area contributed by atoms with E-state index in [0.717, 1.165) is 29.6 Å². The van der Waals surface area contributed by atoms with Crippen LogP contribution in [0, 0.1) is 10.1 Å². The van der Waals surface area contributed by atoms with E-state index in [1.165, 1.54) is 30.3 Å². The van der Waals surface area contributed by atoms with E-state index in [-0.39, 0.29) is 16.3 Å². The number of nitrogens with one attached hydrogen (secondary N) is 1. The predicted molar refractivity (Wildman–Crippen MR) is 107 cm³/mol. The Morgan fingerprint density at radius 2 is 1.82 bits per heavy atom. The van der Waals surface area contributed by atoms with Crippen molar-refractivity contribution in [1.29, 1.82) is 0 Å². The Balaban J connectivity index is 2.35. The van der Waals surface area contributed by atoms with Crippen LogP contribution < -0.4 is 9.62 Å². The lowest BCUT2D eigenvalue weighted by atomic mass is 10.2. The van der Waals surface area contributed by atoms with Crippen LogP contribution in [0.25, 0.3) is 0 Å². The Morgan fingerprint density at radius 3 is 2.46 bits per heavy atom. The van der Waals surface area contributed by atoms with E-state index in [4.69, 9.17) is 0 Å². The summed E-state index contributed by atoms with van der Waals surface area (Å²) in [6, 6.07) is 12.9. The molecular formula is C19H23N3O5S. The highest BCUT2D eigenvalue weighted by Gasteiger charge is 2.28. The molecule has 0 unspecified atom stereocenters. The van der Waals surface area contributed by atoms with Crippen LogP contribution in [0.5, 0.6) is 0 Å². The Bertz CT molecular complexity index is 916. The maximum absolute atomic E-state index is 13.1. The molecule has 0 aromatic heterocycles. The van der Waals surface area contributed by atoms with Crippen molar-refractivity contribution in [3.05, 3.63) is 64.7 Å². The third-order valence-corrected chi connectivity index (χ3v) is 5.84. The van der Waals surface area contributed by atoms with Crippen molar-refractivity contribution in [3.8, 4) is 0 Å².